The van der Waals surface area contributed by atoms with Gasteiger partial charge in [0.2, 0.25) is 0 Å². The van der Waals surface area contributed by atoms with E-state index in [9.17, 15) is 0 Å². The van der Waals surface area contributed by atoms with Crippen molar-refractivity contribution in [2.45, 2.75) is 12.8 Å². The molecule has 0 atom stereocenters. The maximum absolute atomic E-state index is 5.68. The number of aromatic nitrogens is 2. The van der Waals surface area contributed by atoms with Crippen molar-refractivity contribution < 1.29 is 0 Å². The van der Waals surface area contributed by atoms with Crippen LogP contribution in [0.3, 0.4) is 0 Å². The molecule has 0 fully saturated rings. The van der Waals surface area contributed by atoms with Crippen molar-refractivity contribution in [2.24, 2.45) is 0 Å². The first kappa shape index (κ1) is 7.62. The lowest BCUT2D eigenvalue weighted by molar-refractivity contribution is 1.23. The van der Waals surface area contributed by atoms with Crippen molar-refractivity contribution in [1.82, 2.24) is 9.97 Å². The van der Waals surface area contributed by atoms with Gasteiger partial charge in [-0.2, -0.15) is 0 Å². The molecule has 0 saturated heterocycles. The second kappa shape index (κ2) is 2.79. The van der Waals surface area contributed by atoms with E-state index in [1.807, 2.05) is 6.92 Å². The number of alkyl halides is 1. The molecule has 0 aliphatic carbocycles. The molecule has 0 saturated carbocycles. The van der Waals surface area contributed by atoms with Gasteiger partial charge in [-0.15, -0.1) is 11.6 Å². The van der Waals surface area contributed by atoms with Crippen LogP contribution >= 0.6 is 11.6 Å². The molecule has 0 aliphatic heterocycles. The topological polar surface area (TPSA) is 28.7 Å². The smallest absolute Gasteiger partial charge is 0.137 e. The molecule has 1 N–H and O–H groups in total. The number of nitrogens with zero attached hydrogens (tertiary/aromatic N) is 1. The van der Waals surface area contributed by atoms with Crippen molar-refractivity contribution in [3.8, 4) is 0 Å². The summed E-state index contributed by atoms with van der Waals surface area (Å²) in [7, 11) is 0. The molecule has 2 aromatic heterocycles. The zero-order valence-corrected chi connectivity index (χ0v) is 7.52. The summed E-state index contributed by atoms with van der Waals surface area (Å²) in [6, 6.07) is 4.12. The second-order valence-electron chi connectivity index (χ2n) is 2.87. The van der Waals surface area contributed by atoms with Gasteiger partial charge in [-0.05, 0) is 24.6 Å². The van der Waals surface area contributed by atoms with Crippen LogP contribution in [0.25, 0.3) is 11.0 Å². The van der Waals surface area contributed by atoms with E-state index in [-0.39, 0.29) is 0 Å². The van der Waals surface area contributed by atoms with E-state index in [0.717, 1.165) is 22.3 Å². The molecule has 0 bridgehead atoms. The SMILES string of the molecule is Cc1cc2cc(CCl)cnc2[nH]1. The number of fused-ring (bicyclic) bond motifs is 1. The number of hydrogen-bond acceptors (Lipinski definition) is 1. The highest BCUT2D eigenvalue weighted by Crippen LogP contribution is 2.14. The zero-order chi connectivity index (χ0) is 8.55. The number of pyridine rings is 1. The van der Waals surface area contributed by atoms with Gasteiger partial charge in [0.15, 0.2) is 0 Å². The van der Waals surface area contributed by atoms with Crippen molar-refractivity contribution in [1.29, 1.82) is 0 Å². The lowest BCUT2D eigenvalue weighted by Crippen LogP contribution is -1.81. The Bertz CT molecular complexity index is 406. The number of H-pyrrole nitrogens is 1. The number of hydrogen-bond donors (Lipinski definition) is 1. The average molecular weight is 181 g/mol. The van der Waals surface area contributed by atoms with Gasteiger partial charge < -0.3 is 4.98 Å². The van der Waals surface area contributed by atoms with Gasteiger partial charge in [0.05, 0.1) is 0 Å². The lowest BCUT2D eigenvalue weighted by atomic mass is 10.2. The van der Waals surface area contributed by atoms with E-state index >= 15 is 0 Å². The minimum atomic E-state index is 0.521. The molecule has 0 unspecified atom stereocenters. The fourth-order valence-electron chi connectivity index (χ4n) is 1.27. The summed E-state index contributed by atoms with van der Waals surface area (Å²) in [5.41, 5.74) is 3.12. The average Bonchev–Trinajstić information content (AvgIpc) is 2.43. The minimum Gasteiger partial charge on any atom is -0.344 e. The van der Waals surface area contributed by atoms with Crippen LogP contribution in [-0.4, -0.2) is 9.97 Å². The molecule has 0 spiro atoms. The fraction of sp³-hybridized carbons (Fsp3) is 0.222. The molecule has 3 heteroatoms. The minimum absolute atomic E-state index is 0.521. The summed E-state index contributed by atoms with van der Waals surface area (Å²) in [6.07, 6.45) is 1.80. The van der Waals surface area contributed by atoms with Gasteiger partial charge in [-0.3, -0.25) is 0 Å². The van der Waals surface area contributed by atoms with E-state index in [2.05, 4.69) is 22.1 Å². The van der Waals surface area contributed by atoms with Crippen LogP contribution in [-0.2, 0) is 5.88 Å². The molecule has 62 valence electrons. The van der Waals surface area contributed by atoms with E-state index in [1.54, 1.807) is 6.20 Å². The Labute approximate surface area is 75.6 Å². The summed E-state index contributed by atoms with van der Waals surface area (Å²) in [5, 5.41) is 1.13. The number of nitrogens with one attached hydrogen (secondary N) is 1. The predicted octanol–water partition coefficient (Wildman–Crippen LogP) is 2.61. The highest BCUT2D eigenvalue weighted by atomic mass is 35.5. The van der Waals surface area contributed by atoms with Crippen molar-refractivity contribution in [2.75, 3.05) is 0 Å². The number of aromatic amines is 1. The van der Waals surface area contributed by atoms with Gasteiger partial charge in [0.25, 0.3) is 0 Å². The molecular formula is C9H9ClN2. The van der Waals surface area contributed by atoms with E-state index in [0.29, 0.717) is 5.88 Å². The maximum Gasteiger partial charge on any atom is 0.137 e. The molecule has 0 aromatic carbocycles. The Kier molecular flexibility index (Phi) is 1.77. The third-order valence-electron chi connectivity index (χ3n) is 1.82. The molecule has 2 aromatic rings. The molecule has 2 rings (SSSR count). The zero-order valence-electron chi connectivity index (χ0n) is 6.76. The molecule has 12 heavy (non-hydrogen) atoms. The van der Waals surface area contributed by atoms with Crippen molar-refractivity contribution in [3.63, 3.8) is 0 Å². The standard InChI is InChI=1S/C9H9ClN2/c1-6-2-8-3-7(4-10)5-11-9(8)12-6/h2-3,5H,4H2,1H3,(H,11,12). The van der Waals surface area contributed by atoms with Gasteiger partial charge in [-0.1, -0.05) is 0 Å². The van der Waals surface area contributed by atoms with Crippen LogP contribution in [0.4, 0.5) is 0 Å². The van der Waals surface area contributed by atoms with Crippen LogP contribution in [0, 0.1) is 6.92 Å². The van der Waals surface area contributed by atoms with Gasteiger partial charge in [0, 0.05) is 23.2 Å². The monoisotopic (exact) mass is 180 g/mol. The number of rotatable bonds is 1. The fourth-order valence-corrected chi connectivity index (χ4v) is 1.42. The molecule has 0 radical (unpaired) electrons. The Hall–Kier alpha value is -1.02. The molecule has 0 aliphatic rings. The van der Waals surface area contributed by atoms with Crippen LogP contribution in [0.5, 0.6) is 0 Å². The summed E-state index contributed by atoms with van der Waals surface area (Å²) in [5.74, 6) is 0.521. The molecular weight excluding hydrogens is 172 g/mol. The first-order valence-corrected chi connectivity index (χ1v) is 4.33. The molecule has 0 amide bonds. The Morgan fingerprint density at radius 1 is 1.50 bits per heavy atom. The highest BCUT2D eigenvalue weighted by molar-refractivity contribution is 6.17. The largest absolute Gasteiger partial charge is 0.344 e. The van der Waals surface area contributed by atoms with E-state index in [4.69, 9.17) is 11.6 Å². The lowest BCUT2D eigenvalue weighted by Gasteiger charge is -1.92. The third kappa shape index (κ3) is 1.18. The Morgan fingerprint density at radius 2 is 2.33 bits per heavy atom. The maximum atomic E-state index is 5.68. The van der Waals surface area contributed by atoms with Gasteiger partial charge in [0.1, 0.15) is 5.65 Å². The van der Waals surface area contributed by atoms with Crippen LogP contribution in [0.15, 0.2) is 18.3 Å². The Balaban J connectivity index is 2.66. The van der Waals surface area contributed by atoms with E-state index < -0.39 is 0 Å². The quantitative estimate of drug-likeness (QED) is 0.672. The van der Waals surface area contributed by atoms with Crippen LogP contribution in [0.1, 0.15) is 11.3 Å². The summed E-state index contributed by atoms with van der Waals surface area (Å²) >= 11 is 5.68. The van der Waals surface area contributed by atoms with Crippen molar-refractivity contribution in [3.05, 3.63) is 29.6 Å². The predicted molar refractivity (Wildman–Crippen MR) is 50.4 cm³/mol. The summed E-state index contributed by atoms with van der Waals surface area (Å²) in [4.78, 5) is 7.39. The second-order valence-corrected chi connectivity index (χ2v) is 3.13. The van der Waals surface area contributed by atoms with Gasteiger partial charge in [-0.25, -0.2) is 4.98 Å². The first-order valence-electron chi connectivity index (χ1n) is 3.80. The normalized spacial score (nSPS) is 10.8. The first-order chi connectivity index (χ1) is 5.79. The highest BCUT2D eigenvalue weighted by Gasteiger charge is 1.98. The molecule has 2 nitrogen and oxygen atoms in total. The van der Waals surface area contributed by atoms with Gasteiger partial charge >= 0.3 is 0 Å². The molecule has 2 heterocycles. The number of halogens is 1. The van der Waals surface area contributed by atoms with Crippen molar-refractivity contribution >= 4 is 22.6 Å². The third-order valence-corrected chi connectivity index (χ3v) is 2.12. The van der Waals surface area contributed by atoms with Crippen LogP contribution in [0.2, 0.25) is 0 Å². The summed E-state index contributed by atoms with van der Waals surface area (Å²) in [6.45, 7) is 2.02. The summed E-state index contributed by atoms with van der Waals surface area (Å²) < 4.78 is 0. The van der Waals surface area contributed by atoms with E-state index in [1.165, 1.54) is 0 Å². The van der Waals surface area contributed by atoms with Crippen LogP contribution < -0.4 is 0 Å². The Morgan fingerprint density at radius 3 is 3.08 bits per heavy atom. The number of aryl methyl sites for hydroxylation is 1.